The van der Waals surface area contributed by atoms with Crippen LogP contribution in [0.5, 0.6) is 0 Å². The normalized spacial score (nSPS) is 27.2. The molecule has 0 amide bonds. The predicted octanol–water partition coefficient (Wildman–Crippen LogP) is 3.27. The first-order chi connectivity index (χ1) is 5.00. The summed E-state index contributed by atoms with van der Waals surface area (Å²) in [6.07, 6.45) is 17.5. The lowest BCUT2D eigenvalue weighted by Gasteiger charge is -1.96. The standard InChI is InChI=1S/C10H15/c1-2-4-6-8-10-9-7-5-3-1/h1-2,5-7H,3-4,8-10H2/b2-1+,7-5-. The molecule has 1 radical (unpaired) electrons. The van der Waals surface area contributed by atoms with Gasteiger partial charge in [-0.05, 0) is 38.5 Å². The average molecular weight is 135 g/mol. The van der Waals surface area contributed by atoms with E-state index < -0.39 is 0 Å². The second-order valence-electron chi connectivity index (χ2n) is 2.63. The highest BCUT2D eigenvalue weighted by Crippen LogP contribution is 2.05. The number of rotatable bonds is 0. The van der Waals surface area contributed by atoms with Gasteiger partial charge >= 0.3 is 0 Å². The van der Waals surface area contributed by atoms with Crippen molar-refractivity contribution in [2.75, 3.05) is 0 Å². The van der Waals surface area contributed by atoms with Crippen LogP contribution >= 0.6 is 0 Å². The quantitative estimate of drug-likeness (QED) is 0.447. The maximum Gasteiger partial charge on any atom is -0.0169 e. The van der Waals surface area contributed by atoms with Crippen LogP contribution in [0.2, 0.25) is 0 Å². The van der Waals surface area contributed by atoms with E-state index in [2.05, 4.69) is 30.7 Å². The van der Waals surface area contributed by atoms with Gasteiger partial charge in [-0.15, -0.1) is 0 Å². The zero-order chi connectivity index (χ0) is 7.07. The Morgan fingerprint density at radius 1 is 0.700 bits per heavy atom. The average Bonchev–Trinajstić information content (AvgIpc) is 2.01. The first kappa shape index (κ1) is 7.59. The van der Waals surface area contributed by atoms with Gasteiger partial charge in [0.1, 0.15) is 0 Å². The van der Waals surface area contributed by atoms with E-state index >= 15 is 0 Å². The Hall–Kier alpha value is -0.520. The van der Waals surface area contributed by atoms with Crippen molar-refractivity contribution < 1.29 is 0 Å². The smallest absolute Gasteiger partial charge is 0.0169 e. The molecule has 0 heterocycles. The van der Waals surface area contributed by atoms with Gasteiger partial charge in [-0.3, -0.25) is 0 Å². The Morgan fingerprint density at radius 3 is 2.50 bits per heavy atom. The molecule has 10 heavy (non-hydrogen) atoms. The molecule has 0 nitrogen and oxygen atoms in total. The summed E-state index contributed by atoms with van der Waals surface area (Å²) < 4.78 is 0. The largest absolute Gasteiger partial charge is 0.0882 e. The third-order valence-corrected chi connectivity index (χ3v) is 1.69. The minimum atomic E-state index is 1.12. The lowest BCUT2D eigenvalue weighted by molar-refractivity contribution is 0.807. The van der Waals surface area contributed by atoms with Gasteiger partial charge in [0.15, 0.2) is 0 Å². The molecule has 0 unspecified atom stereocenters. The maximum atomic E-state index is 2.36. The number of allylic oxidation sites excluding steroid dienone is 4. The van der Waals surface area contributed by atoms with Gasteiger partial charge < -0.3 is 0 Å². The zero-order valence-electron chi connectivity index (χ0n) is 6.42. The van der Waals surface area contributed by atoms with E-state index in [4.69, 9.17) is 0 Å². The lowest BCUT2D eigenvalue weighted by atomic mass is 10.1. The van der Waals surface area contributed by atoms with E-state index in [9.17, 15) is 0 Å². The fraction of sp³-hybridized carbons (Fsp3) is 0.500. The highest BCUT2D eigenvalue weighted by Gasteiger charge is 1.87. The number of hydrogen-bond acceptors (Lipinski definition) is 0. The third kappa shape index (κ3) is 3.49. The van der Waals surface area contributed by atoms with Crippen molar-refractivity contribution in [1.29, 1.82) is 0 Å². The van der Waals surface area contributed by atoms with Gasteiger partial charge in [-0.2, -0.15) is 0 Å². The summed E-state index contributed by atoms with van der Waals surface area (Å²) in [5.41, 5.74) is 0. The highest BCUT2D eigenvalue weighted by molar-refractivity contribution is 4.96. The van der Waals surface area contributed by atoms with Gasteiger partial charge in [0.25, 0.3) is 0 Å². The summed E-state index contributed by atoms with van der Waals surface area (Å²) in [5, 5.41) is 0. The Labute approximate surface area is 63.6 Å². The molecule has 0 aliphatic heterocycles. The SMILES string of the molecule is [CH]1C/C=C/C/C=C\CCC1. The Morgan fingerprint density at radius 2 is 1.50 bits per heavy atom. The molecule has 55 valence electrons. The molecule has 0 saturated heterocycles. The number of hydrogen-bond donors (Lipinski definition) is 0. The molecule has 1 rings (SSSR count). The fourth-order valence-corrected chi connectivity index (χ4v) is 1.08. The van der Waals surface area contributed by atoms with Crippen LogP contribution in [0.1, 0.15) is 32.1 Å². The van der Waals surface area contributed by atoms with Crippen LogP contribution in [0, 0.1) is 6.42 Å². The monoisotopic (exact) mass is 135 g/mol. The molecule has 0 aromatic rings. The summed E-state index contributed by atoms with van der Waals surface area (Å²) in [4.78, 5) is 0. The molecular formula is C10H15. The molecule has 1 aliphatic rings. The molecule has 0 heteroatoms. The van der Waals surface area contributed by atoms with Crippen molar-refractivity contribution in [1.82, 2.24) is 0 Å². The zero-order valence-corrected chi connectivity index (χ0v) is 6.42. The van der Waals surface area contributed by atoms with E-state index in [1.807, 2.05) is 0 Å². The molecule has 0 aromatic heterocycles. The van der Waals surface area contributed by atoms with Gasteiger partial charge in [0.2, 0.25) is 0 Å². The van der Waals surface area contributed by atoms with E-state index in [0.717, 1.165) is 12.8 Å². The van der Waals surface area contributed by atoms with Gasteiger partial charge in [-0.25, -0.2) is 0 Å². The lowest BCUT2D eigenvalue weighted by Crippen LogP contribution is -1.77. The molecule has 1 aliphatic carbocycles. The molecule has 0 bridgehead atoms. The maximum absolute atomic E-state index is 2.36. The van der Waals surface area contributed by atoms with Crippen LogP contribution in [-0.4, -0.2) is 0 Å². The van der Waals surface area contributed by atoms with E-state index in [1.54, 1.807) is 0 Å². The van der Waals surface area contributed by atoms with Crippen LogP contribution in [0.3, 0.4) is 0 Å². The third-order valence-electron chi connectivity index (χ3n) is 1.69. The van der Waals surface area contributed by atoms with Crippen LogP contribution in [0.15, 0.2) is 24.3 Å². The second kappa shape index (κ2) is 5.28. The molecule has 0 N–H and O–H groups in total. The van der Waals surface area contributed by atoms with Crippen molar-refractivity contribution >= 4 is 0 Å². The first-order valence-corrected chi connectivity index (χ1v) is 4.12. The molecule has 0 atom stereocenters. The summed E-state index contributed by atoms with van der Waals surface area (Å²) >= 11 is 0. The van der Waals surface area contributed by atoms with Crippen molar-refractivity contribution in [3.05, 3.63) is 30.7 Å². The topological polar surface area (TPSA) is 0 Å². The van der Waals surface area contributed by atoms with Gasteiger partial charge in [0.05, 0.1) is 0 Å². The van der Waals surface area contributed by atoms with E-state index in [1.165, 1.54) is 19.3 Å². The predicted molar refractivity (Wildman–Crippen MR) is 45.7 cm³/mol. The van der Waals surface area contributed by atoms with E-state index in [0.29, 0.717) is 0 Å². The highest BCUT2D eigenvalue weighted by atomic mass is 13.9. The summed E-state index contributed by atoms with van der Waals surface area (Å²) in [6, 6.07) is 0. The van der Waals surface area contributed by atoms with Crippen molar-refractivity contribution in [3.8, 4) is 0 Å². The molecular weight excluding hydrogens is 120 g/mol. The van der Waals surface area contributed by atoms with Crippen LogP contribution in [-0.2, 0) is 0 Å². The van der Waals surface area contributed by atoms with Crippen molar-refractivity contribution in [2.24, 2.45) is 0 Å². The van der Waals surface area contributed by atoms with Gasteiger partial charge in [-0.1, -0.05) is 24.3 Å². The summed E-state index contributed by atoms with van der Waals surface area (Å²) in [5.74, 6) is 0. The Balaban J connectivity index is 2.25. The first-order valence-electron chi connectivity index (χ1n) is 4.12. The summed E-state index contributed by atoms with van der Waals surface area (Å²) in [7, 11) is 0. The molecule has 0 aromatic carbocycles. The van der Waals surface area contributed by atoms with Crippen molar-refractivity contribution in [3.63, 3.8) is 0 Å². The molecule has 0 saturated carbocycles. The van der Waals surface area contributed by atoms with E-state index in [-0.39, 0.29) is 0 Å². The molecule has 0 spiro atoms. The minimum absolute atomic E-state index is 1.12. The Bertz CT molecular complexity index is 106. The Kier molecular flexibility index (Phi) is 4.00. The van der Waals surface area contributed by atoms with Crippen LogP contribution in [0.4, 0.5) is 0 Å². The van der Waals surface area contributed by atoms with Crippen LogP contribution < -0.4 is 0 Å². The minimum Gasteiger partial charge on any atom is -0.0882 e. The summed E-state index contributed by atoms with van der Waals surface area (Å²) in [6.45, 7) is 0. The van der Waals surface area contributed by atoms with Gasteiger partial charge in [0, 0.05) is 0 Å². The van der Waals surface area contributed by atoms with Crippen LogP contribution in [0.25, 0.3) is 0 Å². The fourth-order valence-electron chi connectivity index (χ4n) is 1.08. The van der Waals surface area contributed by atoms with Crippen molar-refractivity contribution in [2.45, 2.75) is 32.1 Å². The molecule has 0 fully saturated rings. The second-order valence-corrected chi connectivity index (χ2v) is 2.63.